The second-order valence-corrected chi connectivity index (χ2v) is 3.67. The van der Waals surface area contributed by atoms with E-state index in [2.05, 4.69) is 11.1 Å². The molecule has 19 heavy (non-hydrogen) atoms. The van der Waals surface area contributed by atoms with Crippen molar-refractivity contribution in [2.24, 2.45) is 0 Å². The fourth-order valence-corrected chi connectivity index (χ4v) is 1.66. The summed E-state index contributed by atoms with van der Waals surface area (Å²) in [6.45, 7) is 0. The van der Waals surface area contributed by atoms with E-state index in [0.717, 1.165) is 16.9 Å². The van der Waals surface area contributed by atoms with E-state index in [1.165, 1.54) is 0 Å². The van der Waals surface area contributed by atoms with Crippen molar-refractivity contribution in [3.05, 3.63) is 74.3 Å². The molecule has 0 aliphatic heterocycles. The molecule has 2 aromatic carbocycles. The second kappa shape index (κ2) is 7.06. The van der Waals surface area contributed by atoms with Gasteiger partial charge in [-0.2, -0.15) is 0 Å². The van der Waals surface area contributed by atoms with Crippen LogP contribution in [-0.4, -0.2) is 4.98 Å². The molecular formula is C16H13NOPt. The molecule has 0 saturated carbocycles. The monoisotopic (exact) mass is 430 g/mol. The molecule has 0 aliphatic rings. The van der Waals surface area contributed by atoms with E-state index in [4.69, 9.17) is 4.42 Å². The zero-order chi connectivity index (χ0) is 11.5. The molecule has 98 valence electrons. The zero-order valence-electron chi connectivity index (χ0n) is 10.4. The predicted octanol–water partition coefficient (Wildman–Crippen LogP) is 4.26. The summed E-state index contributed by atoms with van der Waals surface area (Å²) in [5, 5.41) is 0. The third-order valence-electron chi connectivity index (χ3n) is 2.50. The first-order valence-electron chi connectivity index (χ1n) is 5.42. The third-order valence-corrected chi connectivity index (χ3v) is 2.50. The molecule has 0 amide bonds. The van der Waals surface area contributed by atoms with Crippen molar-refractivity contribution >= 4 is 0 Å². The van der Waals surface area contributed by atoms with Gasteiger partial charge in [-0.1, -0.05) is 35.9 Å². The standard InChI is InChI=1S/C15H10NO.CH3.Pt/c1-3-7-12(8-4-1)14-11-16-15(17-14)13-9-5-2-6-10-13;;/h1-9,11H;1H3;/q2*-1;+2. The van der Waals surface area contributed by atoms with Gasteiger partial charge in [0.2, 0.25) is 0 Å². The molecule has 0 fully saturated rings. The molecule has 0 N–H and O–H groups in total. The summed E-state index contributed by atoms with van der Waals surface area (Å²) >= 11 is 0. The van der Waals surface area contributed by atoms with Gasteiger partial charge >= 0.3 is 21.1 Å². The Morgan fingerprint density at radius 1 is 0.947 bits per heavy atom. The molecule has 3 rings (SSSR count). The van der Waals surface area contributed by atoms with Gasteiger partial charge < -0.3 is 11.8 Å². The van der Waals surface area contributed by atoms with E-state index in [-0.39, 0.29) is 28.5 Å². The second-order valence-electron chi connectivity index (χ2n) is 3.67. The molecular weight excluding hydrogens is 417 g/mol. The molecule has 3 heteroatoms. The number of aromatic nitrogens is 1. The van der Waals surface area contributed by atoms with Crippen molar-refractivity contribution in [1.29, 1.82) is 0 Å². The van der Waals surface area contributed by atoms with Crippen LogP contribution in [0.15, 0.2) is 65.2 Å². The van der Waals surface area contributed by atoms with E-state index in [1.807, 2.05) is 54.6 Å². The van der Waals surface area contributed by atoms with Crippen LogP contribution in [-0.2, 0) is 21.1 Å². The van der Waals surface area contributed by atoms with Crippen molar-refractivity contribution in [3.63, 3.8) is 0 Å². The Hall–Kier alpha value is -1.66. The van der Waals surface area contributed by atoms with E-state index in [0.29, 0.717) is 5.89 Å². The zero-order valence-corrected chi connectivity index (χ0v) is 12.7. The third kappa shape index (κ3) is 3.42. The largest absolute Gasteiger partial charge is 2.00 e. The van der Waals surface area contributed by atoms with E-state index >= 15 is 0 Å². The Bertz CT molecular complexity index is 551. The minimum absolute atomic E-state index is 0. The summed E-state index contributed by atoms with van der Waals surface area (Å²) in [6, 6.07) is 20.7. The summed E-state index contributed by atoms with van der Waals surface area (Å²) < 4.78 is 5.71. The van der Waals surface area contributed by atoms with Crippen LogP contribution in [0.4, 0.5) is 0 Å². The van der Waals surface area contributed by atoms with Gasteiger partial charge in [-0.25, -0.2) is 0 Å². The molecule has 3 aromatic rings. The van der Waals surface area contributed by atoms with Gasteiger partial charge in [0, 0.05) is 5.56 Å². The molecule has 2 nitrogen and oxygen atoms in total. The molecule has 0 atom stereocenters. The summed E-state index contributed by atoms with van der Waals surface area (Å²) in [5.74, 6) is 1.38. The average Bonchev–Trinajstić information content (AvgIpc) is 2.90. The Balaban J connectivity index is 0.000000902. The van der Waals surface area contributed by atoms with Crippen LogP contribution in [0.5, 0.6) is 0 Å². The molecule has 1 aromatic heterocycles. The Morgan fingerprint density at radius 3 is 2.37 bits per heavy atom. The average molecular weight is 430 g/mol. The minimum Gasteiger partial charge on any atom is -0.481 e. The van der Waals surface area contributed by atoms with Gasteiger partial charge in [-0.05, 0) is 0 Å². The van der Waals surface area contributed by atoms with Gasteiger partial charge in [0.25, 0.3) is 0 Å². The Labute approximate surface area is 127 Å². The SMILES string of the molecule is [CH3-].[Pt+2].[c-]1ccccc1-c1ncc(-c2ccccc2)o1. The molecule has 0 radical (unpaired) electrons. The molecule has 0 bridgehead atoms. The summed E-state index contributed by atoms with van der Waals surface area (Å²) in [5.41, 5.74) is 1.90. The number of benzene rings is 2. The fourth-order valence-electron chi connectivity index (χ4n) is 1.66. The van der Waals surface area contributed by atoms with Crippen LogP contribution in [0.3, 0.4) is 0 Å². The molecule has 0 spiro atoms. The van der Waals surface area contributed by atoms with Crippen LogP contribution in [0.1, 0.15) is 0 Å². The summed E-state index contributed by atoms with van der Waals surface area (Å²) in [6.07, 6.45) is 1.74. The normalized spacial score (nSPS) is 9.26. The van der Waals surface area contributed by atoms with Crippen molar-refractivity contribution in [2.45, 2.75) is 0 Å². The quantitative estimate of drug-likeness (QED) is 0.568. The van der Waals surface area contributed by atoms with Gasteiger partial charge in [-0.15, -0.1) is 30.3 Å². The molecule has 0 unspecified atom stereocenters. The summed E-state index contributed by atoms with van der Waals surface area (Å²) in [7, 11) is 0. The number of rotatable bonds is 2. The minimum atomic E-state index is 0. The van der Waals surface area contributed by atoms with Crippen molar-refractivity contribution in [2.75, 3.05) is 0 Å². The number of hydrogen-bond acceptors (Lipinski definition) is 2. The summed E-state index contributed by atoms with van der Waals surface area (Å²) in [4.78, 5) is 4.26. The van der Waals surface area contributed by atoms with Crippen molar-refractivity contribution < 1.29 is 25.5 Å². The van der Waals surface area contributed by atoms with Crippen molar-refractivity contribution in [1.82, 2.24) is 4.98 Å². The first-order chi connectivity index (χ1) is 8.43. The smallest absolute Gasteiger partial charge is 0.481 e. The van der Waals surface area contributed by atoms with Gasteiger partial charge in [-0.3, -0.25) is 4.98 Å². The van der Waals surface area contributed by atoms with E-state index in [9.17, 15) is 0 Å². The molecule has 0 saturated heterocycles. The number of oxazole rings is 1. The maximum absolute atomic E-state index is 5.71. The van der Waals surface area contributed by atoms with Gasteiger partial charge in [0.05, 0.1) is 6.20 Å². The van der Waals surface area contributed by atoms with Gasteiger partial charge in [0.15, 0.2) is 0 Å². The van der Waals surface area contributed by atoms with Crippen LogP contribution >= 0.6 is 0 Å². The van der Waals surface area contributed by atoms with Crippen LogP contribution in [0, 0.1) is 13.5 Å². The van der Waals surface area contributed by atoms with E-state index in [1.54, 1.807) is 6.20 Å². The van der Waals surface area contributed by atoms with Crippen LogP contribution < -0.4 is 0 Å². The maximum Gasteiger partial charge on any atom is 2.00 e. The topological polar surface area (TPSA) is 26.0 Å². The maximum atomic E-state index is 5.71. The number of nitrogens with zero attached hydrogens (tertiary/aromatic N) is 1. The first kappa shape index (κ1) is 15.4. The predicted molar refractivity (Wildman–Crippen MR) is 72.6 cm³/mol. The fraction of sp³-hybridized carbons (Fsp3) is 0. The molecule has 0 aliphatic carbocycles. The van der Waals surface area contributed by atoms with Crippen LogP contribution in [0.2, 0.25) is 0 Å². The Kier molecular flexibility index (Phi) is 5.72. The first-order valence-corrected chi connectivity index (χ1v) is 5.42. The van der Waals surface area contributed by atoms with E-state index < -0.39 is 0 Å². The molecule has 1 heterocycles. The van der Waals surface area contributed by atoms with Gasteiger partial charge in [0.1, 0.15) is 11.7 Å². The van der Waals surface area contributed by atoms with Crippen LogP contribution in [0.25, 0.3) is 22.8 Å². The number of hydrogen-bond donors (Lipinski definition) is 0. The Morgan fingerprint density at radius 2 is 1.68 bits per heavy atom. The van der Waals surface area contributed by atoms with Crippen molar-refractivity contribution in [3.8, 4) is 22.8 Å².